The van der Waals surface area contributed by atoms with Crippen LogP contribution in [0.15, 0.2) is 90.3 Å². The van der Waals surface area contributed by atoms with Gasteiger partial charge in [-0.15, -0.1) is 10.2 Å². The summed E-state index contributed by atoms with van der Waals surface area (Å²) in [4.78, 5) is 16.7. The molecule has 0 bridgehead atoms. The molecule has 1 amide bonds. The highest BCUT2D eigenvalue weighted by atomic mass is 32.2. The number of hydrogen-bond acceptors (Lipinski definition) is 6. The molecule has 0 aliphatic rings. The summed E-state index contributed by atoms with van der Waals surface area (Å²) in [5.41, 5.74) is 2.92. The number of nitrogens with zero attached hydrogens (tertiary/aromatic N) is 4. The Morgan fingerprint density at radius 2 is 1.55 bits per heavy atom. The molecular weight excluding hydrogens is 408 g/mol. The van der Waals surface area contributed by atoms with E-state index in [-0.39, 0.29) is 11.9 Å². The van der Waals surface area contributed by atoms with Gasteiger partial charge >= 0.3 is 0 Å². The Morgan fingerprint density at radius 1 is 0.935 bits per heavy atom. The Balaban J connectivity index is 1.38. The number of hydrogen-bond donors (Lipinski definition) is 2. The average Bonchev–Trinajstić information content (AvgIpc) is 3.19. The fourth-order valence-electron chi connectivity index (χ4n) is 3.19. The highest BCUT2D eigenvalue weighted by Crippen LogP contribution is 2.23. The van der Waals surface area contributed by atoms with Crippen LogP contribution in [0.5, 0.6) is 0 Å². The zero-order valence-corrected chi connectivity index (χ0v) is 17.6. The summed E-state index contributed by atoms with van der Waals surface area (Å²) in [6, 6.07) is 23.3. The molecule has 7 nitrogen and oxygen atoms in total. The van der Waals surface area contributed by atoms with Crippen molar-refractivity contribution in [2.24, 2.45) is 0 Å². The van der Waals surface area contributed by atoms with Gasteiger partial charge < -0.3 is 11.2 Å². The Bertz CT molecular complexity index is 1080. The third kappa shape index (κ3) is 5.10. The van der Waals surface area contributed by atoms with Crippen molar-refractivity contribution < 1.29 is 4.79 Å². The standard InChI is InChI=1S/C23H22N6OS/c24-29-22(19-11-14-25-15-12-19)27-28-23(29)31-16-13-20(30)26-21(17-7-3-1-4-8-17)18-9-5-2-6-10-18/h1-12,14-15,21H,13,16,24H2,(H,26,30). The first kappa shape index (κ1) is 20.6. The van der Waals surface area contributed by atoms with Gasteiger partial charge in [-0.05, 0) is 23.3 Å². The molecule has 4 rings (SSSR count). The number of carbonyl (C=O) groups is 1. The first-order valence-electron chi connectivity index (χ1n) is 9.85. The molecule has 0 spiro atoms. The van der Waals surface area contributed by atoms with Crippen molar-refractivity contribution in [1.82, 2.24) is 25.2 Å². The predicted molar refractivity (Wildman–Crippen MR) is 122 cm³/mol. The number of nitrogen functional groups attached to an aromatic ring is 1. The lowest BCUT2D eigenvalue weighted by Gasteiger charge is -2.20. The monoisotopic (exact) mass is 430 g/mol. The molecule has 2 aromatic heterocycles. The van der Waals surface area contributed by atoms with Crippen LogP contribution in [0.25, 0.3) is 11.4 Å². The van der Waals surface area contributed by atoms with Gasteiger partial charge in [-0.25, -0.2) is 4.68 Å². The Labute approximate surface area is 184 Å². The van der Waals surface area contributed by atoms with Gasteiger partial charge in [0.1, 0.15) is 0 Å². The summed E-state index contributed by atoms with van der Waals surface area (Å²) in [6.45, 7) is 0. The van der Waals surface area contributed by atoms with Crippen LogP contribution in [0, 0.1) is 0 Å². The topological polar surface area (TPSA) is 98.7 Å². The Morgan fingerprint density at radius 3 is 2.16 bits per heavy atom. The first-order valence-corrected chi connectivity index (χ1v) is 10.8. The summed E-state index contributed by atoms with van der Waals surface area (Å²) >= 11 is 1.40. The molecule has 0 aliphatic heterocycles. The molecule has 0 saturated carbocycles. The van der Waals surface area contributed by atoms with Crippen molar-refractivity contribution in [3.63, 3.8) is 0 Å². The van der Waals surface area contributed by atoms with Gasteiger partial charge in [0.2, 0.25) is 11.1 Å². The second-order valence-corrected chi connectivity index (χ2v) is 7.89. The first-order chi connectivity index (χ1) is 15.2. The van der Waals surface area contributed by atoms with Gasteiger partial charge in [-0.3, -0.25) is 9.78 Å². The van der Waals surface area contributed by atoms with Crippen LogP contribution in [0.4, 0.5) is 0 Å². The number of aromatic nitrogens is 4. The molecule has 0 saturated heterocycles. The highest BCUT2D eigenvalue weighted by molar-refractivity contribution is 7.99. The van der Waals surface area contributed by atoms with Crippen LogP contribution in [0.1, 0.15) is 23.6 Å². The maximum Gasteiger partial charge on any atom is 0.221 e. The molecule has 156 valence electrons. The molecule has 0 aliphatic carbocycles. The molecule has 0 fully saturated rings. The maximum absolute atomic E-state index is 12.7. The van der Waals surface area contributed by atoms with Crippen LogP contribution in [0.2, 0.25) is 0 Å². The van der Waals surface area contributed by atoms with Crippen LogP contribution >= 0.6 is 11.8 Å². The van der Waals surface area contributed by atoms with E-state index in [1.807, 2.05) is 72.8 Å². The van der Waals surface area contributed by atoms with E-state index < -0.39 is 0 Å². The molecule has 0 radical (unpaired) electrons. The van der Waals surface area contributed by atoms with Crippen LogP contribution in [-0.2, 0) is 4.79 Å². The summed E-state index contributed by atoms with van der Waals surface area (Å²) in [6.07, 6.45) is 3.69. The van der Waals surface area contributed by atoms with Crippen LogP contribution < -0.4 is 11.2 Å². The minimum atomic E-state index is -0.198. The van der Waals surface area contributed by atoms with Crippen molar-refractivity contribution in [3.05, 3.63) is 96.3 Å². The number of carbonyl (C=O) groups excluding carboxylic acids is 1. The zero-order valence-electron chi connectivity index (χ0n) is 16.8. The van der Waals surface area contributed by atoms with Crippen molar-refractivity contribution in [1.29, 1.82) is 0 Å². The van der Waals surface area contributed by atoms with Crippen molar-refractivity contribution >= 4 is 17.7 Å². The molecule has 0 atom stereocenters. The van der Waals surface area contributed by atoms with E-state index in [1.54, 1.807) is 12.4 Å². The quantitative estimate of drug-likeness (QED) is 0.328. The van der Waals surface area contributed by atoms with E-state index >= 15 is 0 Å². The second-order valence-electron chi connectivity index (χ2n) is 6.83. The summed E-state index contributed by atoms with van der Waals surface area (Å²) in [5.74, 6) is 7.19. The van der Waals surface area contributed by atoms with Gasteiger partial charge in [-0.2, -0.15) is 0 Å². The SMILES string of the molecule is Nn1c(SCCC(=O)NC(c2ccccc2)c2ccccc2)nnc1-c1ccncc1. The van der Waals surface area contributed by atoms with E-state index in [0.717, 1.165) is 16.7 Å². The fraction of sp³-hybridized carbons (Fsp3) is 0.130. The summed E-state index contributed by atoms with van der Waals surface area (Å²) in [7, 11) is 0. The van der Waals surface area contributed by atoms with E-state index in [4.69, 9.17) is 5.84 Å². The number of thioether (sulfide) groups is 1. The lowest BCUT2D eigenvalue weighted by molar-refractivity contribution is -0.121. The molecule has 0 unspecified atom stereocenters. The van der Waals surface area contributed by atoms with Crippen molar-refractivity contribution in [2.75, 3.05) is 11.6 Å². The smallest absolute Gasteiger partial charge is 0.221 e. The van der Waals surface area contributed by atoms with Gasteiger partial charge in [0, 0.05) is 30.1 Å². The zero-order chi connectivity index (χ0) is 21.5. The van der Waals surface area contributed by atoms with Crippen LogP contribution in [0.3, 0.4) is 0 Å². The van der Waals surface area contributed by atoms with Gasteiger partial charge in [0.15, 0.2) is 5.82 Å². The molecular formula is C23H22N6OS. The summed E-state index contributed by atoms with van der Waals surface area (Å²) < 4.78 is 1.44. The lowest BCUT2D eigenvalue weighted by atomic mass is 9.98. The van der Waals surface area contributed by atoms with Crippen molar-refractivity contribution in [2.45, 2.75) is 17.6 Å². The van der Waals surface area contributed by atoms with Gasteiger partial charge in [-0.1, -0.05) is 72.4 Å². The van der Waals surface area contributed by atoms with Crippen LogP contribution in [-0.4, -0.2) is 31.5 Å². The number of rotatable bonds is 8. The lowest BCUT2D eigenvalue weighted by Crippen LogP contribution is -2.29. The van der Waals surface area contributed by atoms with E-state index in [1.165, 1.54) is 16.4 Å². The van der Waals surface area contributed by atoms with E-state index in [9.17, 15) is 4.79 Å². The summed E-state index contributed by atoms with van der Waals surface area (Å²) in [5, 5.41) is 12.0. The number of nitrogens with two attached hydrogens (primary N) is 1. The normalized spacial score (nSPS) is 10.9. The van der Waals surface area contributed by atoms with Gasteiger partial charge in [0.25, 0.3) is 0 Å². The maximum atomic E-state index is 12.7. The minimum Gasteiger partial charge on any atom is -0.345 e. The molecule has 8 heteroatoms. The molecule has 3 N–H and O–H groups in total. The largest absolute Gasteiger partial charge is 0.345 e. The Kier molecular flexibility index (Phi) is 6.59. The predicted octanol–water partition coefficient (Wildman–Crippen LogP) is 3.44. The van der Waals surface area contributed by atoms with E-state index in [0.29, 0.717) is 23.2 Å². The van der Waals surface area contributed by atoms with Crippen molar-refractivity contribution in [3.8, 4) is 11.4 Å². The fourth-order valence-corrected chi connectivity index (χ4v) is 3.99. The molecule has 31 heavy (non-hydrogen) atoms. The van der Waals surface area contributed by atoms with Gasteiger partial charge in [0.05, 0.1) is 6.04 Å². The molecule has 4 aromatic rings. The van der Waals surface area contributed by atoms with E-state index in [2.05, 4.69) is 20.5 Å². The highest BCUT2D eigenvalue weighted by Gasteiger charge is 2.17. The minimum absolute atomic E-state index is 0.0392. The number of amides is 1. The number of benzene rings is 2. The Hall–Kier alpha value is -3.65. The second kappa shape index (κ2) is 9.90. The third-order valence-corrected chi connectivity index (χ3v) is 5.68. The number of nitrogens with one attached hydrogen (secondary N) is 1. The molecule has 2 aromatic carbocycles. The number of pyridine rings is 1. The molecule has 2 heterocycles. The average molecular weight is 431 g/mol. The third-order valence-electron chi connectivity index (χ3n) is 4.73.